The number of methoxy groups -OCH3 is 1. The van der Waals surface area contributed by atoms with E-state index in [1.54, 1.807) is 5.55 Å². The maximum absolute atomic E-state index is 13.3. The Morgan fingerprint density at radius 3 is 2.65 bits per heavy atom. The number of nitrogens with zero attached hydrogens (tertiary/aromatic N) is 2. The molecule has 2 unspecified atom stereocenters. The predicted molar refractivity (Wildman–Crippen MR) is 153 cm³/mol. The Kier molecular flexibility index (Phi) is 10.9. The van der Waals surface area contributed by atoms with Gasteiger partial charge in [0.2, 0.25) is 5.91 Å². The number of ether oxygens (including phenoxy) is 2. The lowest BCUT2D eigenvalue weighted by molar-refractivity contribution is -0.192. The molecule has 5 N–H and O–H groups in total. The molecule has 0 aliphatic carbocycles. The lowest BCUT2D eigenvalue weighted by Crippen LogP contribution is -2.80. The maximum atomic E-state index is 13.3. The van der Waals surface area contributed by atoms with Gasteiger partial charge in [-0.25, -0.2) is 14.4 Å². The Labute approximate surface area is 242 Å². The number of hydrogen-bond acceptors (Lipinski definition) is 11. The molecule has 0 bridgehead atoms. The number of fused-ring (bicyclic) bond motifs is 1. The van der Waals surface area contributed by atoms with Crippen LogP contribution in [-0.2, 0) is 28.7 Å². The number of aliphatic carboxylic acids is 2. The number of thioether (sulfide) groups is 2. The summed E-state index contributed by atoms with van der Waals surface area (Å²) in [5, 5.41) is 27.4. The van der Waals surface area contributed by atoms with Gasteiger partial charge in [0.15, 0.2) is 0 Å². The second-order valence-electron chi connectivity index (χ2n) is 9.48. The van der Waals surface area contributed by atoms with Crippen molar-refractivity contribution in [2.45, 2.75) is 50.3 Å². The molecule has 0 aromatic rings. The lowest BCUT2D eigenvalue weighted by Gasteiger charge is -2.55. The zero-order valence-electron chi connectivity index (χ0n) is 22.4. The largest absolute Gasteiger partial charge is 0.480 e. The summed E-state index contributed by atoms with van der Waals surface area (Å²) in [5.74, 6) is -3.06. The monoisotopic (exact) mass is 619 g/mol. The molecule has 3 aliphatic rings. The number of carbonyl (C=O) groups is 5. The topological polar surface area (TPSA) is 196 Å². The molecule has 0 saturated carbocycles. The molecule has 14 nitrogen and oxygen atoms in total. The summed E-state index contributed by atoms with van der Waals surface area (Å²) in [6, 6.07) is -1.26. The van der Waals surface area contributed by atoms with Gasteiger partial charge in [-0.2, -0.15) is 5.10 Å². The summed E-state index contributed by atoms with van der Waals surface area (Å²) in [6.07, 6.45) is 1.000. The highest BCUT2D eigenvalue weighted by molar-refractivity contribution is 8.39. The van der Waals surface area contributed by atoms with Crippen molar-refractivity contribution in [1.29, 1.82) is 0 Å². The number of carbonyl (C=O) groups excluding carboxylic acids is 3. The van der Waals surface area contributed by atoms with Gasteiger partial charge in [-0.3, -0.25) is 19.9 Å². The van der Waals surface area contributed by atoms with Crippen molar-refractivity contribution in [2.75, 3.05) is 31.5 Å². The Morgan fingerprint density at radius 1 is 1.35 bits per heavy atom. The molecule has 1 saturated heterocycles. The molecule has 0 radical (unpaired) electrons. The number of β-lactam (4-membered cyclic amide) rings is 1. The van der Waals surface area contributed by atoms with Crippen molar-refractivity contribution in [1.82, 2.24) is 21.0 Å². The van der Waals surface area contributed by atoms with Crippen LogP contribution in [-0.4, -0.2) is 103 Å². The van der Waals surface area contributed by atoms with Gasteiger partial charge in [-0.1, -0.05) is 25.6 Å². The Balaban J connectivity index is 1.59. The van der Waals surface area contributed by atoms with Crippen LogP contribution in [0.3, 0.4) is 0 Å². The number of carboxylic acids is 2. The van der Waals surface area contributed by atoms with Crippen molar-refractivity contribution in [2.24, 2.45) is 11.0 Å². The lowest BCUT2D eigenvalue weighted by atomic mass is 9.98. The first-order chi connectivity index (χ1) is 18.9. The van der Waals surface area contributed by atoms with Crippen LogP contribution in [0.25, 0.3) is 0 Å². The van der Waals surface area contributed by atoms with E-state index in [1.165, 1.54) is 30.6 Å². The SMILES string of the molecule is CO[C@@]1(NC(=O)CCCC(NC(=O)OCC(C)C)C(=O)O)C(=O)N2C(C(=O)O)=C(CSC3=S(C)C=NN3)CS[C@H]21. The van der Waals surface area contributed by atoms with E-state index in [4.69, 9.17) is 9.47 Å². The van der Waals surface area contributed by atoms with Gasteiger partial charge in [0.1, 0.15) is 21.4 Å². The molecule has 4 atom stereocenters. The number of rotatable bonds is 13. The molecule has 0 aromatic heterocycles. The van der Waals surface area contributed by atoms with Crippen LogP contribution in [0.5, 0.6) is 0 Å². The standard InChI is InChI=1S/C23H33N5O9S3/c1-12(2)8-37-21(35)25-14(17(30)31)6-5-7-15(29)26-23(36-3)19(34)28-16(18(32)33)13(9-38-20(23)28)10-39-22-27-24-11-40(22)4/h11-12,14,20,27H,5-10H2,1-4H3,(H,25,35)(H,26,29)(H,30,31)(H,32,33)/t14?,20-,23-,40?/m0/s1. The van der Waals surface area contributed by atoms with E-state index in [9.17, 15) is 34.2 Å². The quantitative estimate of drug-likeness (QED) is 0.111. The predicted octanol–water partition coefficient (Wildman–Crippen LogP) is 0.971. The summed E-state index contributed by atoms with van der Waals surface area (Å²) >= 11 is 2.71. The molecule has 0 spiro atoms. The molecular formula is C23H33N5O9S3. The molecule has 3 rings (SSSR count). The van der Waals surface area contributed by atoms with Crippen LogP contribution >= 0.6 is 34.0 Å². The summed E-state index contributed by atoms with van der Waals surface area (Å²) in [5.41, 5.74) is 3.37. The fourth-order valence-electron chi connectivity index (χ4n) is 4.03. The van der Waals surface area contributed by atoms with Gasteiger partial charge < -0.3 is 30.3 Å². The van der Waals surface area contributed by atoms with Crippen molar-refractivity contribution in [3.8, 4) is 0 Å². The number of hydrogen-bond donors (Lipinski definition) is 5. The van der Waals surface area contributed by atoms with Crippen LogP contribution in [0, 0.1) is 5.92 Å². The molecule has 3 heterocycles. The van der Waals surface area contributed by atoms with Gasteiger partial charge >= 0.3 is 18.0 Å². The van der Waals surface area contributed by atoms with E-state index in [0.29, 0.717) is 17.1 Å². The van der Waals surface area contributed by atoms with Crippen molar-refractivity contribution >= 4 is 73.7 Å². The molecule has 1 fully saturated rings. The van der Waals surface area contributed by atoms with Gasteiger partial charge in [-0.15, -0.1) is 22.2 Å². The van der Waals surface area contributed by atoms with Gasteiger partial charge in [0.25, 0.3) is 11.6 Å². The van der Waals surface area contributed by atoms with E-state index in [-0.39, 0.29) is 48.0 Å². The number of carboxylic acid groups (broad SMARTS) is 2. The zero-order valence-corrected chi connectivity index (χ0v) is 24.9. The molecule has 40 heavy (non-hydrogen) atoms. The van der Waals surface area contributed by atoms with Gasteiger partial charge in [-0.05, 0) is 30.6 Å². The van der Waals surface area contributed by atoms with E-state index in [0.717, 1.165) is 9.22 Å². The van der Waals surface area contributed by atoms with E-state index >= 15 is 0 Å². The minimum atomic E-state index is -1.75. The molecule has 3 aliphatic heterocycles. The summed E-state index contributed by atoms with van der Waals surface area (Å²) in [6.45, 7) is 3.81. The number of hydrazone groups is 1. The highest BCUT2D eigenvalue weighted by atomic mass is 32.2. The average Bonchev–Trinajstić information content (AvgIpc) is 3.32. The Morgan fingerprint density at radius 2 is 2.08 bits per heavy atom. The second kappa shape index (κ2) is 13.7. The van der Waals surface area contributed by atoms with E-state index in [1.807, 2.05) is 20.1 Å². The highest BCUT2D eigenvalue weighted by Gasteiger charge is 2.66. The van der Waals surface area contributed by atoms with Crippen molar-refractivity contribution in [3.63, 3.8) is 0 Å². The minimum absolute atomic E-state index is 0.0528. The third-order valence-electron chi connectivity index (χ3n) is 6.03. The second-order valence-corrected chi connectivity index (χ2v) is 13.5. The van der Waals surface area contributed by atoms with Crippen molar-refractivity contribution < 1.29 is 43.7 Å². The van der Waals surface area contributed by atoms with E-state index < -0.39 is 47.0 Å². The fourth-order valence-corrected chi connectivity index (χ4v) is 7.81. The first-order valence-corrected chi connectivity index (χ1v) is 16.0. The minimum Gasteiger partial charge on any atom is -0.480 e. The average molecular weight is 620 g/mol. The zero-order chi connectivity index (χ0) is 29.6. The molecular weight excluding hydrogens is 586 g/mol. The summed E-state index contributed by atoms with van der Waals surface area (Å²) < 4.78 is 11.3. The Hall–Kier alpha value is -2.76. The first-order valence-electron chi connectivity index (χ1n) is 12.3. The first kappa shape index (κ1) is 31.8. The van der Waals surface area contributed by atoms with Crippen LogP contribution in [0.4, 0.5) is 4.79 Å². The maximum Gasteiger partial charge on any atom is 0.407 e. The number of nitrogens with one attached hydrogen (secondary N) is 3. The third kappa shape index (κ3) is 7.11. The molecule has 3 amide bonds. The van der Waals surface area contributed by atoms with Gasteiger partial charge in [0.05, 0.1) is 12.2 Å². The summed E-state index contributed by atoms with van der Waals surface area (Å²) in [4.78, 5) is 62.7. The van der Waals surface area contributed by atoms with Crippen LogP contribution in [0.2, 0.25) is 0 Å². The number of amides is 3. The molecule has 17 heteroatoms. The highest BCUT2D eigenvalue weighted by Crippen LogP contribution is 2.47. The Bertz CT molecular complexity index is 1160. The van der Waals surface area contributed by atoms with Crippen LogP contribution < -0.4 is 16.1 Å². The fraction of sp³-hybridized carbons (Fsp3) is 0.609. The van der Waals surface area contributed by atoms with Gasteiger partial charge in [0, 0.05) is 25.0 Å². The number of alkyl carbamates (subject to hydrolysis) is 1. The normalized spacial score (nSPS) is 24.3. The van der Waals surface area contributed by atoms with E-state index in [2.05, 4.69) is 21.2 Å². The van der Waals surface area contributed by atoms with Crippen LogP contribution in [0.1, 0.15) is 33.1 Å². The van der Waals surface area contributed by atoms with Crippen LogP contribution in [0.15, 0.2) is 16.4 Å². The molecule has 0 aromatic carbocycles. The summed E-state index contributed by atoms with van der Waals surface area (Å²) in [7, 11) is 1.06. The molecule has 222 valence electrons. The third-order valence-corrected chi connectivity index (χ3v) is 10.5. The van der Waals surface area contributed by atoms with Crippen molar-refractivity contribution in [3.05, 3.63) is 11.3 Å². The smallest absolute Gasteiger partial charge is 0.407 e.